The van der Waals surface area contributed by atoms with Gasteiger partial charge in [-0.05, 0) is 43.9 Å². The fraction of sp³-hybridized carbons (Fsp3) is 0.444. The Kier molecular flexibility index (Phi) is 5.43. The average Bonchev–Trinajstić information content (AvgIpc) is 3.35. The van der Waals surface area contributed by atoms with Crippen LogP contribution in [0.3, 0.4) is 0 Å². The van der Waals surface area contributed by atoms with Gasteiger partial charge in [-0.15, -0.1) is 0 Å². The highest BCUT2D eigenvalue weighted by molar-refractivity contribution is 7.17. The standard InChI is InChI=1S/C18H23N3O3S/c1-11-16(25-18(20-11)21-13-5-6-13)17(22)19-9-8-12-4-7-14(23-2)15(10-12)24-3/h4,7,10,13H,5-6,8-9H2,1-3H3,(H,19,22)(H,20,21). The van der Waals surface area contributed by atoms with Crippen LogP contribution in [0.4, 0.5) is 5.13 Å². The molecule has 3 rings (SSSR count). The second kappa shape index (κ2) is 7.74. The molecule has 1 amide bonds. The number of nitrogens with one attached hydrogen (secondary N) is 2. The lowest BCUT2D eigenvalue weighted by Gasteiger charge is -2.10. The average molecular weight is 361 g/mol. The van der Waals surface area contributed by atoms with E-state index in [1.807, 2.05) is 25.1 Å². The van der Waals surface area contributed by atoms with Gasteiger partial charge in [0, 0.05) is 12.6 Å². The summed E-state index contributed by atoms with van der Waals surface area (Å²) in [7, 11) is 3.23. The van der Waals surface area contributed by atoms with Crippen molar-refractivity contribution in [2.45, 2.75) is 32.2 Å². The molecular weight excluding hydrogens is 338 g/mol. The number of amides is 1. The Hall–Kier alpha value is -2.28. The van der Waals surface area contributed by atoms with Crippen molar-refractivity contribution in [2.24, 2.45) is 0 Å². The molecule has 0 atom stereocenters. The van der Waals surface area contributed by atoms with Gasteiger partial charge in [0.05, 0.1) is 19.9 Å². The van der Waals surface area contributed by atoms with E-state index >= 15 is 0 Å². The van der Waals surface area contributed by atoms with Crippen LogP contribution in [-0.2, 0) is 6.42 Å². The van der Waals surface area contributed by atoms with Gasteiger partial charge in [0.15, 0.2) is 16.6 Å². The van der Waals surface area contributed by atoms with Crippen molar-refractivity contribution in [3.05, 3.63) is 34.3 Å². The number of methoxy groups -OCH3 is 2. The number of thiazole rings is 1. The summed E-state index contributed by atoms with van der Waals surface area (Å²) in [6.45, 7) is 2.43. The zero-order chi connectivity index (χ0) is 17.8. The van der Waals surface area contributed by atoms with E-state index in [9.17, 15) is 4.79 Å². The summed E-state index contributed by atoms with van der Waals surface area (Å²) in [5.74, 6) is 1.33. The lowest BCUT2D eigenvalue weighted by atomic mass is 10.1. The third kappa shape index (κ3) is 4.42. The van der Waals surface area contributed by atoms with Crippen LogP contribution < -0.4 is 20.1 Å². The number of ether oxygens (including phenoxy) is 2. The van der Waals surface area contributed by atoms with Crippen molar-refractivity contribution in [1.82, 2.24) is 10.3 Å². The molecule has 1 fully saturated rings. The van der Waals surface area contributed by atoms with Crippen molar-refractivity contribution < 1.29 is 14.3 Å². The minimum absolute atomic E-state index is 0.0701. The van der Waals surface area contributed by atoms with Gasteiger partial charge in [0.25, 0.3) is 5.91 Å². The summed E-state index contributed by atoms with van der Waals surface area (Å²) in [5, 5.41) is 7.15. The van der Waals surface area contributed by atoms with E-state index in [-0.39, 0.29) is 5.91 Å². The minimum Gasteiger partial charge on any atom is -0.493 e. The molecule has 7 heteroatoms. The zero-order valence-electron chi connectivity index (χ0n) is 14.7. The SMILES string of the molecule is COc1ccc(CCNC(=O)c2sc(NC3CC3)nc2C)cc1OC. The fourth-order valence-electron chi connectivity index (χ4n) is 2.51. The second-order valence-electron chi connectivity index (χ2n) is 6.05. The number of nitrogens with zero attached hydrogens (tertiary/aromatic N) is 1. The lowest BCUT2D eigenvalue weighted by molar-refractivity contribution is 0.0957. The van der Waals surface area contributed by atoms with Crippen molar-refractivity contribution >= 4 is 22.4 Å². The molecule has 1 saturated carbocycles. The van der Waals surface area contributed by atoms with Crippen LogP contribution in [-0.4, -0.2) is 37.7 Å². The lowest BCUT2D eigenvalue weighted by Crippen LogP contribution is -2.25. The van der Waals surface area contributed by atoms with E-state index in [1.54, 1.807) is 14.2 Å². The summed E-state index contributed by atoms with van der Waals surface area (Å²) < 4.78 is 10.5. The van der Waals surface area contributed by atoms with E-state index in [0.717, 1.165) is 22.8 Å². The number of anilines is 1. The summed E-state index contributed by atoms with van der Waals surface area (Å²) in [4.78, 5) is 17.5. The van der Waals surface area contributed by atoms with Crippen molar-refractivity contribution in [1.29, 1.82) is 0 Å². The maximum atomic E-state index is 12.4. The van der Waals surface area contributed by atoms with Crippen LogP contribution in [0.2, 0.25) is 0 Å². The van der Waals surface area contributed by atoms with Gasteiger partial charge in [-0.25, -0.2) is 4.98 Å². The normalized spacial score (nSPS) is 13.4. The molecule has 0 saturated heterocycles. The highest BCUT2D eigenvalue weighted by Crippen LogP contribution is 2.29. The van der Waals surface area contributed by atoms with Crippen molar-refractivity contribution in [3.8, 4) is 11.5 Å². The molecule has 2 aromatic rings. The van der Waals surface area contributed by atoms with Crippen LogP contribution in [0.1, 0.15) is 33.8 Å². The molecule has 0 unspecified atom stereocenters. The molecule has 1 aromatic heterocycles. The third-order valence-electron chi connectivity index (χ3n) is 4.05. The second-order valence-corrected chi connectivity index (χ2v) is 7.05. The first-order valence-corrected chi connectivity index (χ1v) is 9.15. The number of rotatable bonds is 8. The summed E-state index contributed by atoms with van der Waals surface area (Å²) in [6.07, 6.45) is 3.09. The van der Waals surface area contributed by atoms with E-state index in [0.29, 0.717) is 29.0 Å². The van der Waals surface area contributed by atoms with E-state index < -0.39 is 0 Å². The fourth-order valence-corrected chi connectivity index (χ4v) is 3.47. The topological polar surface area (TPSA) is 72.5 Å². The van der Waals surface area contributed by atoms with Gasteiger partial charge < -0.3 is 20.1 Å². The first-order chi connectivity index (χ1) is 12.1. The Morgan fingerprint density at radius 1 is 1.28 bits per heavy atom. The van der Waals surface area contributed by atoms with Crippen LogP contribution >= 0.6 is 11.3 Å². The highest BCUT2D eigenvalue weighted by atomic mass is 32.1. The molecule has 1 aliphatic carbocycles. The Morgan fingerprint density at radius 3 is 2.72 bits per heavy atom. The Morgan fingerprint density at radius 2 is 2.04 bits per heavy atom. The number of benzene rings is 1. The molecule has 25 heavy (non-hydrogen) atoms. The van der Waals surface area contributed by atoms with Crippen LogP contribution in [0.25, 0.3) is 0 Å². The number of hydrogen-bond acceptors (Lipinski definition) is 6. The number of carbonyl (C=O) groups is 1. The molecule has 0 aliphatic heterocycles. The molecule has 134 valence electrons. The predicted octanol–water partition coefficient (Wildman–Crippen LogP) is 3.02. The largest absolute Gasteiger partial charge is 0.493 e. The summed E-state index contributed by atoms with van der Waals surface area (Å²) in [6, 6.07) is 6.31. The van der Waals surface area contributed by atoms with Crippen LogP contribution in [0.5, 0.6) is 11.5 Å². The molecule has 6 nitrogen and oxygen atoms in total. The molecule has 1 aromatic carbocycles. The molecule has 0 radical (unpaired) electrons. The predicted molar refractivity (Wildman–Crippen MR) is 99.1 cm³/mol. The van der Waals surface area contributed by atoms with Crippen LogP contribution in [0, 0.1) is 6.92 Å². The Balaban J connectivity index is 1.54. The number of hydrogen-bond donors (Lipinski definition) is 2. The minimum atomic E-state index is -0.0701. The first-order valence-electron chi connectivity index (χ1n) is 8.33. The van der Waals surface area contributed by atoms with Gasteiger partial charge >= 0.3 is 0 Å². The summed E-state index contributed by atoms with van der Waals surface area (Å²) >= 11 is 1.42. The van der Waals surface area contributed by atoms with Crippen LogP contribution in [0.15, 0.2) is 18.2 Å². The molecule has 0 bridgehead atoms. The third-order valence-corrected chi connectivity index (χ3v) is 5.14. The number of aryl methyl sites for hydroxylation is 1. The van der Waals surface area contributed by atoms with E-state index in [2.05, 4.69) is 15.6 Å². The van der Waals surface area contributed by atoms with Crippen molar-refractivity contribution in [2.75, 3.05) is 26.1 Å². The first kappa shape index (κ1) is 17.5. The number of aromatic nitrogens is 1. The monoisotopic (exact) mass is 361 g/mol. The highest BCUT2D eigenvalue weighted by Gasteiger charge is 2.23. The molecule has 1 heterocycles. The smallest absolute Gasteiger partial charge is 0.263 e. The molecule has 1 aliphatic rings. The Labute approximate surface area is 151 Å². The van der Waals surface area contributed by atoms with Gasteiger partial charge in [-0.2, -0.15) is 0 Å². The van der Waals surface area contributed by atoms with Gasteiger partial charge in [-0.1, -0.05) is 17.4 Å². The van der Waals surface area contributed by atoms with Gasteiger partial charge in [0.1, 0.15) is 4.88 Å². The van der Waals surface area contributed by atoms with Crippen molar-refractivity contribution in [3.63, 3.8) is 0 Å². The molecule has 2 N–H and O–H groups in total. The maximum absolute atomic E-state index is 12.4. The quantitative estimate of drug-likeness (QED) is 0.756. The Bertz CT molecular complexity index is 756. The number of carbonyl (C=O) groups excluding carboxylic acids is 1. The maximum Gasteiger partial charge on any atom is 0.263 e. The zero-order valence-corrected chi connectivity index (χ0v) is 15.5. The van der Waals surface area contributed by atoms with E-state index in [4.69, 9.17) is 9.47 Å². The molecule has 0 spiro atoms. The van der Waals surface area contributed by atoms with Gasteiger partial charge in [0.2, 0.25) is 0 Å². The summed E-state index contributed by atoms with van der Waals surface area (Å²) in [5.41, 5.74) is 1.85. The molecular formula is C18H23N3O3S. The van der Waals surface area contributed by atoms with Gasteiger partial charge in [-0.3, -0.25) is 4.79 Å². The van der Waals surface area contributed by atoms with E-state index in [1.165, 1.54) is 24.2 Å².